The average molecular weight is 329 g/mol. The lowest BCUT2D eigenvalue weighted by Crippen LogP contribution is -2.35. The van der Waals surface area contributed by atoms with Crippen LogP contribution in [-0.4, -0.2) is 37.2 Å². The first-order valence-electron chi connectivity index (χ1n) is 7.92. The molecule has 1 fully saturated rings. The summed E-state index contributed by atoms with van der Waals surface area (Å²) in [5, 5.41) is 5.42. The zero-order chi connectivity index (χ0) is 16.8. The van der Waals surface area contributed by atoms with Gasteiger partial charge in [-0.05, 0) is 42.0 Å². The number of halogens is 1. The van der Waals surface area contributed by atoms with Crippen LogP contribution in [0.25, 0.3) is 0 Å². The summed E-state index contributed by atoms with van der Waals surface area (Å²) in [6.45, 7) is 4.33. The normalized spacial score (nSPS) is 15.0. The number of hydrogen-bond acceptors (Lipinski definition) is 3. The lowest BCUT2D eigenvalue weighted by molar-refractivity contribution is 0.0342. The van der Waals surface area contributed by atoms with Crippen molar-refractivity contribution in [2.45, 2.75) is 6.54 Å². The van der Waals surface area contributed by atoms with E-state index in [4.69, 9.17) is 4.74 Å². The fraction of sp³-hybridized carbons (Fsp3) is 0.278. The van der Waals surface area contributed by atoms with Gasteiger partial charge in [0.1, 0.15) is 5.82 Å². The number of nitrogens with one attached hydrogen (secondary N) is 2. The predicted molar refractivity (Wildman–Crippen MR) is 91.6 cm³/mol. The average Bonchev–Trinajstić information content (AvgIpc) is 2.60. The Morgan fingerprint density at radius 3 is 2.08 bits per heavy atom. The molecule has 0 saturated carbocycles. The quantitative estimate of drug-likeness (QED) is 0.905. The van der Waals surface area contributed by atoms with Crippen LogP contribution >= 0.6 is 0 Å². The van der Waals surface area contributed by atoms with E-state index in [1.807, 2.05) is 24.3 Å². The Morgan fingerprint density at radius 2 is 1.50 bits per heavy atom. The number of amides is 2. The van der Waals surface area contributed by atoms with Crippen molar-refractivity contribution in [3.05, 3.63) is 59.9 Å². The van der Waals surface area contributed by atoms with Crippen LogP contribution in [0.1, 0.15) is 5.56 Å². The van der Waals surface area contributed by atoms with E-state index in [0.29, 0.717) is 11.4 Å². The second-order valence-electron chi connectivity index (χ2n) is 5.67. The number of carbonyl (C=O) groups excluding carboxylic acids is 1. The highest BCUT2D eigenvalue weighted by Gasteiger charge is 2.10. The lowest BCUT2D eigenvalue weighted by atomic mass is 10.2. The van der Waals surface area contributed by atoms with Crippen LogP contribution in [0.3, 0.4) is 0 Å². The van der Waals surface area contributed by atoms with Crippen molar-refractivity contribution in [3.63, 3.8) is 0 Å². The van der Waals surface area contributed by atoms with Crippen LogP contribution in [-0.2, 0) is 11.3 Å². The maximum absolute atomic E-state index is 12.8. The van der Waals surface area contributed by atoms with Crippen molar-refractivity contribution >= 4 is 17.4 Å². The molecule has 1 heterocycles. The third-order valence-electron chi connectivity index (χ3n) is 3.82. The third kappa shape index (κ3) is 4.78. The molecule has 0 unspecified atom stereocenters. The van der Waals surface area contributed by atoms with E-state index in [-0.39, 0.29) is 11.8 Å². The topological polar surface area (TPSA) is 53.6 Å². The summed E-state index contributed by atoms with van der Waals surface area (Å²) in [4.78, 5) is 14.3. The minimum Gasteiger partial charge on any atom is -0.379 e. The van der Waals surface area contributed by atoms with Gasteiger partial charge in [0.15, 0.2) is 0 Å². The zero-order valence-corrected chi connectivity index (χ0v) is 13.3. The number of carbonyl (C=O) groups is 1. The number of hydrogen-bond donors (Lipinski definition) is 2. The summed E-state index contributed by atoms with van der Waals surface area (Å²) in [6, 6.07) is 13.0. The molecule has 3 rings (SSSR count). The molecule has 2 aromatic carbocycles. The molecule has 0 radical (unpaired) electrons. The summed E-state index contributed by atoms with van der Waals surface area (Å²) in [5.74, 6) is -0.336. The standard InChI is InChI=1S/C18H20FN3O2/c19-15-3-7-17(8-4-15)21-18(23)20-16-5-1-14(2-6-16)13-22-9-11-24-12-10-22/h1-8H,9-13H2,(H2,20,21,23). The fourth-order valence-corrected chi connectivity index (χ4v) is 2.54. The van der Waals surface area contributed by atoms with Crippen LogP contribution in [0, 0.1) is 5.82 Å². The van der Waals surface area contributed by atoms with E-state index in [0.717, 1.165) is 32.8 Å². The Labute approximate surface area is 140 Å². The van der Waals surface area contributed by atoms with E-state index in [9.17, 15) is 9.18 Å². The Hall–Kier alpha value is -2.44. The van der Waals surface area contributed by atoms with E-state index in [1.54, 1.807) is 0 Å². The molecular weight excluding hydrogens is 309 g/mol. The van der Waals surface area contributed by atoms with Gasteiger partial charge in [0.2, 0.25) is 0 Å². The summed E-state index contributed by atoms with van der Waals surface area (Å²) >= 11 is 0. The van der Waals surface area contributed by atoms with Crippen LogP contribution in [0.4, 0.5) is 20.6 Å². The van der Waals surface area contributed by atoms with Crippen molar-refractivity contribution in [3.8, 4) is 0 Å². The van der Waals surface area contributed by atoms with Crippen LogP contribution in [0.2, 0.25) is 0 Å². The second-order valence-corrected chi connectivity index (χ2v) is 5.67. The molecular formula is C18H20FN3O2. The maximum atomic E-state index is 12.8. The number of urea groups is 1. The Balaban J connectivity index is 1.51. The van der Waals surface area contributed by atoms with E-state index in [2.05, 4.69) is 15.5 Å². The maximum Gasteiger partial charge on any atom is 0.323 e. The SMILES string of the molecule is O=C(Nc1ccc(F)cc1)Nc1ccc(CN2CCOCC2)cc1. The van der Waals surface area contributed by atoms with E-state index >= 15 is 0 Å². The molecule has 0 aromatic heterocycles. The van der Waals surface area contributed by atoms with E-state index < -0.39 is 0 Å². The highest BCUT2D eigenvalue weighted by molar-refractivity contribution is 5.99. The van der Waals surface area contributed by atoms with Crippen molar-refractivity contribution < 1.29 is 13.9 Å². The number of ether oxygens (including phenoxy) is 1. The fourth-order valence-electron chi connectivity index (χ4n) is 2.54. The minimum atomic E-state index is -0.359. The highest BCUT2D eigenvalue weighted by atomic mass is 19.1. The molecule has 1 aliphatic heterocycles. The number of anilines is 2. The molecule has 2 N–H and O–H groups in total. The number of benzene rings is 2. The van der Waals surface area contributed by atoms with Crippen molar-refractivity contribution in [2.24, 2.45) is 0 Å². The predicted octanol–water partition coefficient (Wildman–Crippen LogP) is 3.30. The third-order valence-corrected chi connectivity index (χ3v) is 3.82. The summed E-state index contributed by atoms with van der Waals surface area (Å²) in [7, 11) is 0. The molecule has 1 saturated heterocycles. The molecule has 6 heteroatoms. The van der Waals surface area contributed by atoms with Crippen molar-refractivity contribution in [1.82, 2.24) is 4.90 Å². The van der Waals surface area contributed by atoms with Gasteiger partial charge < -0.3 is 15.4 Å². The smallest absolute Gasteiger partial charge is 0.323 e. The van der Waals surface area contributed by atoms with Gasteiger partial charge in [0.25, 0.3) is 0 Å². The number of morpholine rings is 1. The summed E-state index contributed by atoms with van der Waals surface area (Å²) in [5.41, 5.74) is 2.44. The van der Waals surface area contributed by atoms with Crippen LogP contribution in [0.15, 0.2) is 48.5 Å². The first-order valence-corrected chi connectivity index (χ1v) is 7.92. The molecule has 2 aromatic rings. The first kappa shape index (κ1) is 16.4. The highest BCUT2D eigenvalue weighted by Crippen LogP contribution is 2.14. The van der Waals surface area contributed by atoms with Gasteiger partial charge in [0.05, 0.1) is 13.2 Å². The monoisotopic (exact) mass is 329 g/mol. The lowest BCUT2D eigenvalue weighted by Gasteiger charge is -2.26. The number of nitrogens with zero attached hydrogens (tertiary/aromatic N) is 1. The molecule has 24 heavy (non-hydrogen) atoms. The van der Waals surface area contributed by atoms with Crippen LogP contribution in [0.5, 0.6) is 0 Å². The van der Waals surface area contributed by atoms with Gasteiger partial charge in [-0.1, -0.05) is 12.1 Å². The first-order chi connectivity index (χ1) is 11.7. The molecule has 1 aliphatic rings. The van der Waals surface area contributed by atoms with Gasteiger partial charge in [-0.2, -0.15) is 0 Å². The largest absolute Gasteiger partial charge is 0.379 e. The van der Waals surface area contributed by atoms with Crippen molar-refractivity contribution in [2.75, 3.05) is 36.9 Å². The zero-order valence-electron chi connectivity index (χ0n) is 13.3. The van der Waals surface area contributed by atoms with Crippen LogP contribution < -0.4 is 10.6 Å². The number of rotatable bonds is 4. The summed E-state index contributed by atoms with van der Waals surface area (Å²) < 4.78 is 18.2. The van der Waals surface area contributed by atoms with E-state index in [1.165, 1.54) is 29.8 Å². The Kier molecular flexibility index (Phi) is 5.40. The Bertz CT molecular complexity index is 668. The minimum absolute atomic E-state index is 0.336. The molecule has 126 valence electrons. The van der Waals surface area contributed by atoms with Gasteiger partial charge in [-0.3, -0.25) is 4.90 Å². The van der Waals surface area contributed by atoms with Gasteiger partial charge in [-0.25, -0.2) is 9.18 Å². The Morgan fingerprint density at radius 1 is 0.958 bits per heavy atom. The molecule has 0 atom stereocenters. The molecule has 0 bridgehead atoms. The molecule has 0 aliphatic carbocycles. The summed E-state index contributed by atoms with van der Waals surface area (Å²) in [6.07, 6.45) is 0. The molecule has 5 nitrogen and oxygen atoms in total. The van der Waals surface area contributed by atoms with Gasteiger partial charge in [0, 0.05) is 31.0 Å². The van der Waals surface area contributed by atoms with Gasteiger partial charge >= 0.3 is 6.03 Å². The van der Waals surface area contributed by atoms with Gasteiger partial charge in [-0.15, -0.1) is 0 Å². The molecule has 2 amide bonds. The van der Waals surface area contributed by atoms with Crippen molar-refractivity contribution in [1.29, 1.82) is 0 Å². The second kappa shape index (κ2) is 7.90. The molecule has 0 spiro atoms.